The van der Waals surface area contributed by atoms with Gasteiger partial charge in [0, 0.05) is 14.5 Å². The van der Waals surface area contributed by atoms with Crippen LogP contribution in [0, 0.1) is 0 Å². The van der Waals surface area contributed by atoms with E-state index >= 15 is 0 Å². The zero-order valence-electron chi connectivity index (χ0n) is 6.28. The Morgan fingerprint density at radius 1 is 1.31 bits per heavy atom. The number of carbonyl (C=O) groups excluding carboxylic acids is 1. The largest absolute Gasteiger partial charge is 0.293 e. The van der Waals surface area contributed by atoms with Crippen LogP contribution in [0.1, 0.15) is 10.4 Å². The van der Waals surface area contributed by atoms with Gasteiger partial charge in [0.2, 0.25) is 0 Å². The molecule has 0 spiro atoms. The lowest BCUT2D eigenvalue weighted by atomic mass is 10.1. The normalized spacial score (nSPS) is 10.2. The Balaban J connectivity index is 3.23. The number of hydrogen-bond acceptors (Lipinski definition) is 1. The number of halogens is 4. The summed E-state index contributed by atoms with van der Waals surface area (Å²) >= 11 is 17.7. The molecule has 1 aromatic rings. The maximum Gasteiger partial charge on any atom is 0.178 e. The molecule has 0 fully saturated rings. The molecule has 1 aromatic carbocycles. The molecule has 0 N–H and O–H groups in total. The van der Waals surface area contributed by atoms with E-state index in [0.717, 1.165) is 0 Å². The number of benzene rings is 1. The van der Waals surface area contributed by atoms with Crippen molar-refractivity contribution in [2.75, 3.05) is 5.88 Å². The smallest absolute Gasteiger partial charge is 0.178 e. The van der Waals surface area contributed by atoms with E-state index in [-0.39, 0.29) is 11.7 Å². The third-order valence-corrected chi connectivity index (χ3v) is 3.53. The standard InChI is InChI=1S/C8H4Br2Cl2O/c9-5-2-7(12)6(10)1-4(5)8(13)3-11/h1-2H,3H2. The van der Waals surface area contributed by atoms with Crippen molar-refractivity contribution in [2.24, 2.45) is 0 Å². The van der Waals surface area contributed by atoms with Crippen LogP contribution in [0.3, 0.4) is 0 Å². The Morgan fingerprint density at radius 3 is 2.46 bits per heavy atom. The molecule has 1 nitrogen and oxygen atoms in total. The summed E-state index contributed by atoms with van der Waals surface area (Å²) in [5.41, 5.74) is 0.534. The number of alkyl halides is 1. The Bertz CT molecular complexity index is 352. The highest BCUT2D eigenvalue weighted by Gasteiger charge is 2.11. The topological polar surface area (TPSA) is 17.1 Å². The number of Topliss-reactive ketones (excluding diaryl/α,β-unsaturated/α-hetero) is 1. The van der Waals surface area contributed by atoms with E-state index in [1.807, 2.05) is 0 Å². The minimum atomic E-state index is -0.133. The first-order valence-electron chi connectivity index (χ1n) is 3.30. The van der Waals surface area contributed by atoms with E-state index in [2.05, 4.69) is 31.9 Å². The summed E-state index contributed by atoms with van der Waals surface area (Å²) in [5.74, 6) is -0.168. The minimum Gasteiger partial charge on any atom is -0.293 e. The summed E-state index contributed by atoms with van der Waals surface area (Å²) in [7, 11) is 0. The first-order valence-corrected chi connectivity index (χ1v) is 5.80. The number of hydrogen-bond donors (Lipinski definition) is 0. The van der Waals surface area contributed by atoms with Crippen molar-refractivity contribution in [2.45, 2.75) is 0 Å². The summed E-state index contributed by atoms with van der Waals surface area (Å²) in [6, 6.07) is 3.31. The second-order valence-corrected chi connectivity index (χ2v) is 4.69. The first kappa shape index (κ1) is 11.5. The molecule has 0 bridgehead atoms. The van der Waals surface area contributed by atoms with Crippen molar-refractivity contribution in [3.63, 3.8) is 0 Å². The highest BCUT2D eigenvalue weighted by Crippen LogP contribution is 2.29. The zero-order valence-corrected chi connectivity index (χ0v) is 11.0. The molecular formula is C8H4Br2Cl2O. The lowest BCUT2D eigenvalue weighted by Gasteiger charge is -2.03. The molecule has 0 saturated heterocycles. The van der Waals surface area contributed by atoms with Gasteiger partial charge in [-0.15, -0.1) is 11.6 Å². The Kier molecular flexibility index (Phi) is 4.23. The maximum absolute atomic E-state index is 11.3. The molecule has 0 aliphatic carbocycles. The monoisotopic (exact) mass is 344 g/mol. The average molecular weight is 347 g/mol. The van der Waals surface area contributed by atoms with Crippen molar-refractivity contribution in [3.8, 4) is 0 Å². The number of rotatable bonds is 2. The van der Waals surface area contributed by atoms with Crippen LogP contribution in [0.4, 0.5) is 0 Å². The van der Waals surface area contributed by atoms with Crippen molar-refractivity contribution in [3.05, 3.63) is 31.7 Å². The summed E-state index contributed by atoms with van der Waals surface area (Å²) in [6.45, 7) is 0. The predicted octanol–water partition coefficient (Wildman–Crippen LogP) is 4.29. The first-order chi connectivity index (χ1) is 6.06. The fourth-order valence-corrected chi connectivity index (χ4v) is 2.16. The highest BCUT2D eigenvalue weighted by molar-refractivity contribution is 9.11. The van der Waals surface area contributed by atoms with Crippen LogP contribution < -0.4 is 0 Å². The van der Waals surface area contributed by atoms with Gasteiger partial charge in [-0.05, 0) is 44.0 Å². The van der Waals surface area contributed by atoms with Gasteiger partial charge >= 0.3 is 0 Å². The molecule has 0 amide bonds. The molecule has 13 heavy (non-hydrogen) atoms. The predicted molar refractivity (Wildman–Crippen MR) is 61.9 cm³/mol. The fraction of sp³-hybridized carbons (Fsp3) is 0.125. The third-order valence-electron chi connectivity index (χ3n) is 1.43. The van der Waals surface area contributed by atoms with E-state index < -0.39 is 0 Å². The zero-order chi connectivity index (χ0) is 10.0. The van der Waals surface area contributed by atoms with E-state index in [4.69, 9.17) is 23.2 Å². The van der Waals surface area contributed by atoms with Gasteiger partial charge in [-0.2, -0.15) is 0 Å². The highest BCUT2D eigenvalue weighted by atomic mass is 79.9. The van der Waals surface area contributed by atoms with Crippen LogP contribution in [0.25, 0.3) is 0 Å². The van der Waals surface area contributed by atoms with Gasteiger partial charge in [-0.25, -0.2) is 0 Å². The summed E-state index contributed by atoms with van der Waals surface area (Å²) in [5, 5.41) is 0.554. The third kappa shape index (κ3) is 2.69. The molecule has 0 atom stereocenters. The number of ketones is 1. The summed E-state index contributed by atoms with van der Waals surface area (Å²) in [4.78, 5) is 11.3. The van der Waals surface area contributed by atoms with E-state index in [1.165, 1.54) is 0 Å². The van der Waals surface area contributed by atoms with Crippen LogP contribution in [0.2, 0.25) is 5.02 Å². The molecule has 0 saturated carbocycles. The molecular weight excluding hydrogens is 343 g/mol. The second-order valence-electron chi connectivity index (χ2n) is 2.30. The molecule has 70 valence electrons. The van der Waals surface area contributed by atoms with Gasteiger partial charge in [-0.3, -0.25) is 4.79 Å². The molecule has 0 unspecified atom stereocenters. The summed E-state index contributed by atoms with van der Waals surface area (Å²) in [6.07, 6.45) is 0. The van der Waals surface area contributed by atoms with E-state index in [9.17, 15) is 4.79 Å². The minimum absolute atomic E-state index is 0.0350. The number of carbonyl (C=O) groups is 1. The van der Waals surface area contributed by atoms with Gasteiger partial charge in [0.25, 0.3) is 0 Å². The molecule has 0 aliphatic heterocycles. The van der Waals surface area contributed by atoms with Crippen LogP contribution in [0.15, 0.2) is 21.1 Å². The van der Waals surface area contributed by atoms with Gasteiger partial charge in [0.15, 0.2) is 5.78 Å². The summed E-state index contributed by atoms with van der Waals surface area (Å²) < 4.78 is 1.34. The van der Waals surface area contributed by atoms with Crippen LogP contribution >= 0.6 is 55.1 Å². The molecule has 1 rings (SSSR count). The van der Waals surface area contributed by atoms with Crippen LogP contribution in [-0.4, -0.2) is 11.7 Å². The molecule has 0 radical (unpaired) electrons. The van der Waals surface area contributed by atoms with Gasteiger partial charge < -0.3 is 0 Å². The van der Waals surface area contributed by atoms with Gasteiger partial charge in [0.1, 0.15) is 0 Å². The average Bonchev–Trinajstić information content (AvgIpc) is 2.10. The van der Waals surface area contributed by atoms with Crippen molar-refractivity contribution < 1.29 is 4.79 Å². The maximum atomic E-state index is 11.3. The Morgan fingerprint density at radius 2 is 1.92 bits per heavy atom. The van der Waals surface area contributed by atoms with Gasteiger partial charge in [-0.1, -0.05) is 11.6 Å². The Hall–Kier alpha value is 0.430. The van der Waals surface area contributed by atoms with Crippen molar-refractivity contribution in [1.82, 2.24) is 0 Å². The molecule has 5 heteroatoms. The van der Waals surface area contributed by atoms with Crippen LogP contribution in [0.5, 0.6) is 0 Å². The van der Waals surface area contributed by atoms with E-state index in [0.29, 0.717) is 19.5 Å². The van der Waals surface area contributed by atoms with E-state index in [1.54, 1.807) is 12.1 Å². The van der Waals surface area contributed by atoms with Gasteiger partial charge in [0.05, 0.1) is 10.9 Å². The van der Waals surface area contributed by atoms with Crippen LogP contribution in [-0.2, 0) is 0 Å². The fourth-order valence-electron chi connectivity index (χ4n) is 0.808. The lowest BCUT2D eigenvalue weighted by molar-refractivity contribution is 0.102. The molecule has 0 aliphatic rings. The quantitative estimate of drug-likeness (QED) is 0.443. The Labute approximate surface area is 103 Å². The molecule has 0 heterocycles. The van der Waals surface area contributed by atoms with Crippen molar-refractivity contribution >= 4 is 60.8 Å². The SMILES string of the molecule is O=C(CCl)c1cc(Br)c(Cl)cc1Br. The van der Waals surface area contributed by atoms with Crippen molar-refractivity contribution in [1.29, 1.82) is 0 Å². The molecule has 0 aromatic heterocycles. The lowest BCUT2D eigenvalue weighted by Crippen LogP contribution is -2.01. The second kappa shape index (κ2) is 4.78.